The Balaban J connectivity index is 1.54. The monoisotopic (exact) mass is 408 g/mol. The summed E-state index contributed by atoms with van der Waals surface area (Å²) < 4.78 is 4.47. The molecule has 29 heavy (non-hydrogen) atoms. The van der Waals surface area contributed by atoms with Gasteiger partial charge in [-0.15, -0.1) is 10.2 Å². The molecule has 0 bridgehead atoms. The molecule has 2 heterocycles. The maximum Gasteiger partial charge on any atom is 0.191 e. The molecule has 1 aliphatic carbocycles. The Morgan fingerprint density at radius 3 is 2.66 bits per heavy atom. The summed E-state index contributed by atoms with van der Waals surface area (Å²) >= 11 is 1.49. The quantitative estimate of drug-likeness (QED) is 0.370. The normalized spacial score (nSPS) is 13.8. The van der Waals surface area contributed by atoms with Gasteiger partial charge in [-0.1, -0.05) is 42.4 Å². The number of rotatable bonds is 8. The lowest BCUT2D eigenvalue weighted by atomic mass is 10.1. The summed E-state index contributed by atoms with van der Waals surface area (Å²) in [6.07, 6.45) is 3.43. The van der Waals surface area contributed by atoms with E-state index in [2.05, 4.69) is 65.2 Å². The van der Waals surface area contributed by atoms with Crippen LogP contribution in [0.25, 0.3) is 11.4 Å². The van der Waals surface area contributed by atoms with Gasteiger partial charge in [-0.2, -0.15) is 0 Å². The van der Waals surface area contributed by atoms with Crippen molar-refractivity contribution in [3.63, 3.8) is 0 Å². The Labute approximate surface area is 176 Å². The molecule has 0 aliphatic heterocycles. The van der Waals surface area contributed by atoms with Gasteiger partial charge in [0, 0.05) is 35.1 Å². The second-order valence-corrected chi connectivity index (χ2v) is 8.87. The highest BCUT2D eigenvalue weighted by Gasteiger charge is 2.28. The summed E-state index contributed by atoms with van der Waals surface area (Å²) in [5.74, 6) is 1.42. The van der Waals surface area contributed by atoms with Crippen LogP contribution in [0.5, 0.6) is 0 Å². The zero-order valence-electron chi connectivity index (χ0n) is 17.6. The lowest BCUT2D eigenvalue weighted by molar-refractivity contribution is 0.102. The fraction of sp³-hybridized carbons (Fsp3) is 0.435. The molecule has 3 aromatic rings. The van der Waals surface area contributed by atoms with Crippen LogP contribution in [0.15, 0.2) is 35.5 Å². The van der Waals surface area contributed by atoms with E-state index in [9.17, 15) is 4.79 Å². The van der Waals surface area contributed by atoms with Crippen LogP contribution in [-0.4, -0.2) is 30.9 Å². The number of hydrogen-bond acceptors (Lipinski definition) is 4. The predicted octanol–water partition coefficient (Wildman–Crippen LogP) is 5.39. The Hall–Kier alpha value is -2.34. The van der Waals surface area contributed by atoms with Crippen LogP contribution < -0.4 is 0 Å². The number of ketones is 1. The van der Waals surface area contributed by atoms with E-state index in [0.29, 0.717) is 11.8 Å². The molecule has 1 saturated carbocycles. The molecule has 1 aromatic carbocycles. The minimum atomic E-state index is 0.165. The third-order valence-corrected chi connectivity index (χ3v) is 6.44. The third kappa shape index (κ3) is 4.04. The van der Waals surface area contributed by atoms with Crippen LogP contribution in [0.4, 0.5) is 0 Å². The van der Waals surface area contributed by atoms with Crippen molar-refractivity contribution in [3.05, 3.63) is 52.8 Å². The van der Waals surface area contributed by atoms with Crippen LogP contribution >= 0.6 is 11.8 Å². The molecule has 5 nitrogen and oxygen atoms in total. The van der Waals surface area contributed by atoms with Crippen molar-refractivity contribution in [2.45, 2.75) is 64.7 Å². The lowest BCUT2D eigenvalue weighted by Gasteiger charge is -2.09. The summed E-state index contributed by atoms with van der Waals surface area (Å²) in [4.78, 5) is 12.9. The zero-order valence-corrected chi connectivity index (χ0v) is 18.4. The first-order chi connectivity index (χ1) is 14.0. The summed E-state index contributed by atoms with van der Waals surface area (Å²) in [6.45, 7) is 9.23. The summed E-state index contributed by atoms with van der Waals surface area (Å²) in [5.41, 5.74) is 5.41. The average molecular weight is 409 g/mol. The van der Waals surface area contributed by atoms with E-state index in [1.807, 2.05) is 12.1 Å². The van der Waals surface area contributed by atoms with Gasteiger partial charge in [0.2, 0.25) is 0 Å². The van der Waals surface area contributed by atoms with Crippen molar-refractivity contribution in [1.82, 2.24) is 19.3 Å². The van der Waals surface area contributed by atoms with Crippen LogP contribution in [0, 0.1) is 20.8 Å². The second-order valence-electron chi connectivity index (χ2n) is 7.93. The molecule has 4 rings (SSSR count). The fourth-order valence-electron chi connectivity index (χ4n) is 3.98. The first-order valence-corrected chi connectivity index (χ1v) is 11.3. The van der Waals surface area contributed by atoms with Gasteiger partial charge in [0.25, 0.3) is 0 Å². The summed E-state index contributed by atoms with van der Waals surface area (Å²) in [5, 5.41) is 9.66. The first-order valence-electron chi connectivity index (χ1n) is 10.3. The largest absolute Gasteiger partial charge is 0.345 e. The van der Waals surface area contributed by atoms with Crippen molar-refractivity contribution >= 4 is 17.5 Å². The van der Waals surface area contributed by atoms with E-state index in [1.54, 1.807) is 0 Å². The second kappa shape index (κ2) is 8.19. The van der Waals surface area contributed by atoms with E-state index < -0.39 is 0 Å². The number of thioether (sulfide) groups is 1. The van der Waals surface area contributed by atoms with Gasteiger partial charge < -0.3 is 9.13 Å². The van der Waals surface area contributed by atoms with Crippen molar-refractivity contribution < 1.29 is 4.79 Å². The van der Waals surface area contributed by atoms with Crippen molar-refractivity contribution in [2.24, 2.45) is 0 Å². The van der Waals surface area contributed by atoms with Crippen molar-refractivity contribution in [3.8, 4) is 11.4 Å². The third-order valence-electron chi connectivity index (χ3n) is 5.47. The van der Waals surface area contributed by atoms with Crippen molar-refractivity contribution in [2.75, 3.05) is 5.75 Å². The number of hydrogen-bond donors (Lipinski definition) is 0. The smallest absolute Gasteiger partial charge is 0.191 e. The van der Waals surface area contributed by atoms with Gasteiger partial charge in [0.05, 0.1) is 5.75 Å². The van der Waals surface area contributed by atoms with E-state index in [4.69, 9.17) is 0 Å². The van der Waals surface area contributed by atoms with E-state index in [1.165, 1.54) is 35.9 Å². The van der Waals surface area contributed by atoms with Gasteiger partial charge >= 0.3 is 0 Å². The number of benzene rings is 1. The predicted molar refractivity (Wildman–Crippen MR) is 118 cm³/mol. The van der Waals surface area contributed by atoms with Gasteiger partial charge in [-0.05, 0) is 52.2 Å². The Morgan fingerprint density at radius 1 is 1.17 bits per heavy atom. The topological polar surface area (TPSA) is 52.7 Å². The van der Waals surface area contributed by atoms with Gasteiger partial charge in [0.15, 0.2) is 16.8 Å². The number of aromatic nitrogens is 4. The van der Waals surface area contributed by atoms with Gasteiger partial charge in [-0.3, -0.25) is 4.79 Å². The molecule has 2 aromatic heterocycles. The fourth-order valence-corrected chi connectivity index (χ4v) is 4.83. The lowest BCUT2D eigenvalue weighted by Crippen LogP contribution is -2.07. The molecule has 0 saturated heterocycles. The number of carbonyl (C=O) groups is 1. The number of nitrogens with zero attached hydrogens (tertiary/aromatic N) is 4. The Morgan fingerprint density at radius 2 is 1.97 bits per heavy atom. The van der Waals surface area contributed by atoms with Crippen LogP contribution in [-0.2, 0) is 6.54 Å². The van der Waals surface area contributed by atoms with Gasteiger partial charge in [0.1, 0.15) is 0 Å². The molecular formula is C23H28N4OS. The van der Waals surface area contributed by atoms with E-state index in [0.717, 1.165) is 40.8 Å². The van der Waals surface area contributed by atoms with Crippen molar-refractivity contribution in [1.29, 1.82) is 0 Å². The minimum absolute atomic E-state index is 0.165. The maximum atomic E-state index is 12.9. The highest BCUT2D eigenvalue weighted by Crippen LogP contribution is 2.38. The molecule has 1 fully saturated rings. The Kier molecular flexibility index (Phi) is 5.63. The van der Waals surface area contributed by atoms with E-state index >= 15 is 0 Å². The molecule has 0 amide bonds. The summed E-state index contributed by atoms with van der Waals surface area (Å²) in [6, 6.07) is 11.0. The average Bonchev–Trinajstić information content (AvgIpc) is 3.37. The Bertz CT molecular complexity index is 1050. The SMILES string of the molecule is CCCn1c(SCC(=O)c2cc(C)n(C3CC3)c2C)nnc1-c1cccc(C)c1. The van der Waals surface area contributed by atoms with E-state index in [-0.39, 0.29) is 5.78 Å². The first kappa shape index (κ1) is 20.0. The molecule has 0 unspecified atom stereocenters. The highest BCUT2D eigenvalue weighted by atomic mass is 32.2. The molecule has 6 heteroatoms. The van der Waals surface area contributed by atoms with Crippen LogP contribution in [0.3, 0.4) is 0 Å². The van der Waals surface area contributed by atoms with Crippen LogP contribution in [0.2, 0.25) is 0 Å². The maximum absolute atomic E-state index is 12.9. The number of carbonyl (C=O) groups excluding carboxylic acids is 1. The zero-order chi connectivity index (χ0) is 20.5. The molecule has 0 spiro atoms. The molecule has 0 atom stereocenters. The molecule has 1 aliphatic rings. The molecule has 0 N–H and O–H groups in total. The number of Topliss-reactive ketones (excluding diaryl/α,β-unsaturated/α-hetero) is 1. The molecular weight excluding hydrogens is 380 g/mol. The number of aryl methyl sites for hydroxylation is 2. The molecule has 152 valence electrons. The molecule has 0 radical (unpaired) electrons. The highest BCUT2D eigenvalue weighted by molar-refractivity contribution is 7.99. The standard InChI is InChI=1S/C23H28N4OS/c1-5-11-26-22(18-8-6-7-15(2)12-18)24-25-23(26)29-14-21(28)20-13-16(3)27(17(20)4)19-9-10-19/h6-8,12-13,19H,5,9-11,14H2,1-4H3. The van der Waals surface area contributed by atoms with Crippen LogP contribution in [0.1, 0.15) is 59.5 Å². The van der Waals surface area contributed by atoms with Gasteiger partial charge in [-0.25, -0.2) is 0 Å². The summed E-state index contributed by atoms with van der Waals surface area (Å²) in [7, 11) is 0. The minimum Gasteiger partial charge on any atom is -0.345 e.